The van der Waals surface area contributed by atoms with E-state index in [-0.39, 0.29) is 6.61 Å². The van der Waals surface area contributed by atoms with E-state index < -0.39 is 0 Å². The maximum absolute atomic E-state index is 9.31. The number of aliphatic hydroxyl groups is 1. The quantitative estimate of drug-likeness (QED) is 0.824. The molecule has 0 bridgehead atoms. The number of fused-ring (bicyclic) bond motifs is 1. The zero-order chi connectivity index (χ0) is 13.2. The average molecular weight is 257 g/mol. The van der Waals surface area contributed by atoms with Gasteiger partial charge in [0, 0.05) is 29.9 Å². The summed E-state index contributed by atoms with van der Waals surface area (Å²) in [6, 6.07) is 8.39. The zero-order valence-electron chi connectivity index (χ0n) is 10.9. The van der Waals surface area contributed by atoms with E-state index in [1.807, 2.05) is 24.3 Å². The van der Waals surface area contributed by atoms with Crippen LogP contribution in [0.5, 0.6) is 0 Å². The first kappa shape index (κ1) is 12.2. The third-order valence-corrected chi connectivity index (χ3v) is 3.95. The first-order valence-electron chi connectivity index (χ1n) is 6.82. The van der Waals surface area contributed by atoms with Crippen molar-refractivity contribution in [2.75, 3.05) is 23.8 Å². The monoisotopic (exact) mass is 257 g/mol. The van der Waals surface area contributed by atoms with Crippen LogP contribution in [-0.2, 0) is 0 Å². The zero-order valence-corrected chi connectivity index (χ0v) is 10.9. The van der Waals surface area contributed by atoms with E-state index in [4.69, 9.17) is 5.73 Å². The van der Waals surface area contributed by atoms with Gasteiger partial charge in [0.1, 0.15) is 0 Å². The van der Waals surface area contributed by atoms with Crippen molar-refractivity contribution in [3.63, 3.8) is 0 Å². The van der Waals surface area contributed by atoms with E-state index in [1.165, 1.54) is 19.3 Å². The van der Waals surface area contributed by atoms with Crippen LogP contribution in [-0.4, -0.2) is 29.3 Å². The second kappa shape index (κ2) is 5.05. The van der Waals surface area contributed by atoms with E-state index in [9.17, 15) is 5.11 Å². The van der Waals surface area contributed by atoms with E-state index in [0.717, 1.165) is 22.3 Å². The lowest BCUT2D eigenvalue weighted by Crippen LogP contribution is -2.42. The number of benzene rings is 1. The SMILES string of the molecule is Nc1ccc(N(CCO)C2CCC2)c2ncccc12. The van der Waals surface area contributed by atoms with Crippen molar-refractivity contribution in [1.29, 1.82) is 0 Å². The number of anilines is 2. The average Bonchev–Trinajstić information content (AvgIpc) is 2.37. The first-order chi connectivity index (χ1) is 9.31. The van der Waals surface area contributed by atoms with Gasteiger partial charge in [0.25, 0.3) is 0 Å². The Bertz CT molecular complexity index is 581. The Balaban J connectivity index is 2.09. The molecule has 1 aliphatic carbocycles. The number of rotatable bonds is 4. The minimum atomic E-state index is 0.162. The molecule has 3 rings (SSSR count). The second-order valence-electron chi connectivity index (χ2n) is 5.08. The number of nitrogens with zero attached hydrogens (tertiary/aromatic N) is 2. The van der Waals surface area contributed by atoms with E-state index in [2.05, 4.69) is 9.88 Å². The maximum atomic E-state index is 9.31. The van der Waals surface area contributed by atoms with Crippen LogP contribution in [0.15, 0.2) is 30.5 Å². The highest BCUT2D eigenvalue weighted by atomic mass is 16.3. The van der Waals surface area contributed by atoms with Gasteiger partial charge in [-0.2, -0.15) is 0 Å². The summed E-state index contributed by atoms with van der Waals surface area (Å²) in [4.78, 5) is 6.76. The number of pyridine rings is 1. The molecule has 0 saturated heterocycles. The molecule has 4 nitrogen and oxygen atoms in total. The van der Waals surface area contributed by atoms with Crippen molar-refractivity contribution >= 4 is 22.3 Å². The predicted octanol–water partition coefficient (Wildman–Crippen LogP) is 2.17. The lowest BCUT2D eigenvalue weighted by Gasteiger charge is -2.39. The number of aliphatic hydroxyl groups excluding tert-OH is 1. The van der Waals surface area contributed by atoms with Gasteiger partial charge < -0.3 is 15.7 Å². The molecule has 19 heavy (non-hydrogen) atoms. The number of nitrogen functional groups attached to an aromatic ring is 1. The Morgan fingerprint density at radius 2 is 2.16 bits per heavy atom. The number of hydrogen-bond donors (Lipinski definition) is 2. The molecule has 0 spiro atoms. The van der Waals surface area contributed by atoms with Gasteiger partial charge in [-0.05, 0) is 43.5 Å². The molecule has 1 saturated carbocycles. The summed E-state index contributed by atoms with van der Waals surface area (Å²) in [7, 11) is 0. The molecular formula is C15H19N3O. The Kier molecular flexibility index (Phi) is 3.25. The van der Waals surface area contributed by atoms with Crippen LogP contribution in [0.3, 0.4) is 0 Å². The molecule has 1 aromatic heterocycles. The molecule has 0 amide bonds. The maximum Gasteiger partial charge on any atom is 0.0956 e. The van der Waals surface area contributed by atoms with Crippen LogP contribution in [0, 0.1) is 0 Å². The fourth-order valence-corrected chi connectivity index (χ4v) is 2.72. The van der Waals surface area contributed by atoms with Gasteiger partial charge in [0.15, 0.2) is 0 Å². The Labute approximate surface area is 112 Å². The van der Waals surface area contributed by atoms with Crippen LogP contribution in [0.2, 0.25) is 0 Å². The van der Waals surface area contributed by atoms with E-state index >= 15 is 0 Å². The summed E-state index contributed by atoms with van der Waals surface area (Å²) < 4.78 is 0. The molecular weight excluding hydrogens is 238 g/mol. The topological polar surface area (TPSA) is 62.4 Å². The summed E-state index contributed by atoms with van der Waals surface area (Å²) >= 11 is 0. The van der Waals surface area contributed by atoms with Crippen molar-refractivity contribution in [2.45, 2.75) is 25.3 Å². The normalized spacial score (nSPS) is 15.4. The van der Waals surface area contributed by atoms with E-state index in [0.29, 0.717) is 12.6 Å². The molecule has 1 heterocycles. The fraction of sp³-hybridized carbons (Fsp3) is 0.400. The highest BCUT2D eigenvalue weighted by Crippen LogP contribution is 2.34. The molecule has 1 aromatic carbocycles. The minimum Gasteiger partial charge on any atom is -0.398 e. The standard InChI is InChI=1S/C15H19N3O/c16-13-6-7-14(15-12(13)5-2-8-17-15)18(9-10-19)11-3-1-4-11/h2,5-8,11,19H,1,3-4,9-10,16H2. The van der Waals surface area contributed by atoms with Crippen LogP contribution < -0.4 is 10.6 Å². The molecule has 100 valence electrons. The summed E-state index contributed by atoms with van der Waals surface area (Å²) in [5, 5.41) is 10.3. The summed E-state index contributed by atoms with van der Waals surface area (Å²) in [5.41, 5.74) is 8.79. The molecule has 1 fully saturated rings. The van der Waals surface area contributed by atoms with Crippen molar-refractivity contribution in [3.05, 3.63) is 30.5 Å². The van der Waals surface area contributed by atoms with Gasteiger partial charge in [-0.1, -0.05) is 0 Å². The van der Waals surface area contributed by atoms with Crippen LogP contribution in [0.25, 0.3) is 10.9 Å². The predicted molar refractivity (Wildman–Crippen MR) is 78.2 cm³/mol. The van der Waals surface area contributed by atoms with Gasteiger partial charge in [0.05, 0.1) is 17.8 Å². The molecule has 3 N–H and O–H groups in total. The van der Waals surface area contributed by atoms with Gasteiger partial charge in [-0.15, -0.1) is 0 Å². The van der Waals surface area contributed by atoms with Gasteiger partial charge in [-0.25, -0.2) is 0 Å². The molecule has 2 aromatic rings. The van der Waals surface area contributed by atoms with Crippen molar-refractivity contribution < 1.29 is 5.11 Å². The highest BCUT2D eigenvalue weighted by molar-refractivity contribution is 5.98. The Morgan fingerprint density at radius 3 is 2.84 bits per heavy atom. The summed E-state index contributed by atoms with van der Waals surface area (Å²) in [6.45, 7) is 0.815. The van der Waals surface area contributed by atoms with Gasteiger partial charge in [0.2, 0.25) is 0 Å². The van der Waals surface area contributed by atoms with Crippen LogP contribution in [0.1, 0.15) is 19.3 Å². The molecule has 0 radical (unpaired) electrons. The smallest absolute Gasteiger partial charge is 0.0956 e. The largest absolute Gasteiger partial charge is 0.398 e. The third kappa shape index (κ3) is 2.12. The summed E-state index contributed by atoms with van der Waals surface area (Å²) in [6.07, 6.45) is 5.45. The summed E-state index contributed by atoms with van der Waals surface area (Å²) in [5.74, 6) is 0. The number of hydrogen-bond acceptors (Lipinski definition) is 4. The minimum absolute atomic E-state index is 0.162. The molecule has 4 heteroatoms. The van der Waals surface area contributed by atoms with Crippen molar-refractivity contribution in [3.8, 4) is 0 Å². The van der Waals surface area contributed by atoms with Crippen molar-refractivity contribution in [1.82, 2.24) is 4.98 Å². The lowest BCUT2D eigenvalue weighted by molar-refractivity contribution is 0.284. The molecule has 0 atom stereocenters. The fourth-order valence-electron chi connectivity index (χ4n) is 2.72. The lowest BCUT2D eigenvalue weighted by atomic mass is 9.90. The van der Waals surface area contributed by atoms with Gasteiger partial charge in [-0.3, -0.25) is 4.98 Å². The second-order valence-corrected chi connectivity index (χ2v) is 5.08. The number of aromatic nitrogens is 1. The third-order valence-electron chi connectivity index (χ3n) is 3.95. The molecule has 0 unspecified atom stereocenters. The Hall–Kier alpha value is -1.81. The van der Waals surface area contributed by atoms with Crippen molar-refractivity contribution in [2.24, 2.45) is 0 Å². The van der Waals surface area contributed by atoms with Gasteiger partial charge >= 0.3 is 0 Å². The van der Waals surface area contributed by atoms with E-state index in [1.54, 1.807) is 6.20 Å². The first-order valence-corrected chi connectivity index (χ1v) is 6.82. The number of nitrogens with two attached hydrogens (primary N) is 1. The molecule has 0 aliphatic heterocycles. The van der Waals surface area contributed by atoms with Crippen LogP contribution in [0.4, 0.5) is 11.4 Å². The Morgan fingerprint density at radius 1 is 1.32 bits per heavy atom. The highest BCUT2D eigenvalue weighted by Gasteiger charge is 2.26. The molecule has 1 aliphatic rings. The van der Waals surface area contributed by atoms with Crippen LogP contribution >= 0.6 is 0 Å².